The van der Waals surface area contributed by atoms with Crippen molar-refractivity contribution in [2.75, 3.05) is 21.3 Å². The molecule has 0 spiro atoms. The zero-order chi connectivity index (χ0) is 16.1. The summed E-state index contributed by atoms with van der Waals surface area (Å²) in [6, 6.07) is 1.78. The van der Waals surface area contributed by atoms with E-state index in [0.717, 1.165) is 30.4 Å². The fourth-order valence-corrected chi connectivity index (χ4v) is 2.78. The third kappa shape index (κ3) is 3.03. The Bertz CT molecular complexity index is 581. The molecule has 0 bridgehead atoms. The zero-order valence-electron chi connectivity index (χ0n) is 13.6. The van der Waals surface area contributed by atoms with Gasteiger partial charge in [-0.1, -0.05) is 19.8 Å². The summed E-state index contributed by atoms with van der Waals surface area (Å²) in [6.45, 7) is 2.13. The topological polar surface area (TPSA) is 56.8 Å². The van der Waals surface area contributed by atoms with Gasteiger partial charge in [0.05, 0.1) is 27.4 Å². The standard InChI is InChI=1S/C17H23NO4/c1-5-6-7-12-15-11(8-9-14(19)18-12)10-13(20-2)16(21-3)17(15)22-4/h8-10,12H,5-7H2,1-4H3,(H,18,19)/t12-/m1/s1. The van der Waals surface area contributed by atoms with Crippen molar-refractivity contribution in [3.05, 3.63) is 23.3 Å². The second-order valence-electron chi connectivity index (χ2n) is 5.18. The van der Waals surface area contributed by atoms with Crippen LogP contribution in [0.5, 0.6) is 17.2 Å². The molecular formula is C17H23NO4. The number of hydrogen-bond donors (Lipinski definition) is 1. The molecule has 0 aliphatic carbocycles. The van der Waals surface area contributed by atoms with E-state index in [1.54, 1.807) is 27.4 Å². The lowest BCUT2D eigenvalue weighted by molar-refractivity contribution is -0.117. The number of carbonyl (C=O) groups is 1. The van der Waals surface area contributed by atoms with Gasteiger partial charge in [0.1, 0.15) is 0 Å². The van der Waals surface area contributed by atoms with E-state index in [1.807, 2.05) is 6.07 Å². The van der Waals surface area contributed by atoms with Gasteiger partial charge in [0.2, 0.25) is 11.7 Å². The molecule has 0 radical (unpaired) electrons. The number of carbonyl (C=O) groups excluding carboxylic acids is 1. The summed E-state index contributed by atoms with van der Waals surface area (Å²) in [6.07, 6.45) is 6.26. The minimum absolute atomic E-state index is 0.0997. The molecule has 2 rings (SSSR count). The van der Waals surface area contributed by atoms with Crippen molar-refractivity contribution in [1.82, 2.24) is 5.32 Å². The molecule has 1 aliphatic heterocycles. The Morgan fingerprint density at radius 3 is 2.41 bits per heavy atom. The molecule has 1 amide bonds. The maximum Gasteiger partial charge on any atom is 0.244 e. The first-order valence-electron chi connectivity index (χ1n) is 7.47. The second-order valence-corrected chi connectivity index (χ2v) is 5.18. The molecule has 0 unspecified atom stereocenters. The first-order chi connectivity index (χ1) is 10.7. The molecule has 1 aromatic rings. The Morgan fingerprint density at radius 1 is 1.09 bits per heavy atom. The van der Waals surface area contributed by atoms with Crippen LogP contribution < -0.4 is 19.5 Å². The van der Waals surface area contributed by atoms with Crippen LogP contribution in [0.3, 0.4) is 0 Å². The van der Waals surface area contributed by atoms with Gasteiger partial charge in [-0.25, -0.2) is 0 Å². The predicted molar refractivity (Wildman–Crippen MR) is 85.5 cm³/mol. The SMILES string of the molecule is CCCC[C@H]1NC(=O)C=Cc2cc(OC)c(OC)c(OC)c21. The van der Waals surface area contributed by atoms with Crippen molar-refractivity contribution < 1.29 is 19.0 Å². The second kappa shape index (κ2) is 7.20. The predicted octanol–water partition coefficient (Wildman–Crippen LogP) is 3.09. The van der Waals surface area contributed by atoms with E-state index >= 15 is 0 Å². The van der Waals surface area contributed by atoms with Crippen LogP contribution in [-0.2, 0) is 4.79 Å². The number of amides is 1. The molecule has 1 N–H and O–H groups in total. The molecule has 1 atom stereocenters. The van der Waals surface area contributed by atoms with Crippen molar-refractivity contribution in [3.8, 4) is 17.2 Å². The summed E-state index contributed by atoms with van der Waals surface area (Å²) < 4.78 is 16.4. The van der Waals surface area contributed by atoms with E-state index in [-0.39, 0.29) is 11.9 Å². The largest absolute Gasteiger partial charge is 0.493 e. The summed E-state index contributed by atoms with van der Waals surface area (Å²) in [4.78, 5) is 11.9. The van der Waals surface area contributed by atoms with E-state index in [9.17, 15) is 4.79 Å². The van der Waals surface area contributed by atoms with Crippen LogP contribution in [0.15, 0.2) is 12.1 Å². The first-order valence-corrected chi connectivity index (χ1v) is 7.47. The van der Waals surface area contributed by atoms with Gasteiger partial charge in [-0.15, -0.1) is 0 Å². The number of hydrogen-bond acceptors (Lipinski definition) is 4. The normalized spacial score (nSPS) is 16.5. The Morgan fingerprint density at radius 2 is 1.82 bits per heavy atom. The van der Waals surface area contributed by atoms with Crippen LogP contribution >= 0.6 is 0 Å². The lowest BCUT2D eigenvalue weighted by atomic mass is 9.94. The molecular weight excluding hydrogens is 282 g/mol. The van der Waals surface area contributed by atoms with Gasteiger partial charge in [0.25, 0.3) is 0 Å². The summed E-state index contributed by atoms with van der Waals surface area (Å²) in [5.74, 6) is 1.66. The van der Waals surface area contributed by atoms with E-state index in [4.69, 9.17) is 14.2 Å². The maximum atomic E-state index is 11.9. The van der Waals surface area contributed by atoms with E-state index in [2.05, 4.69) is 12.2 Å². The number of unbranched alkanes of at least 4 members (excludes halogenated alkanes) is 1. The van der Waals surface area contributed by atoms with Gasteiger partial charge in [0.15, 0.2) is 11.5 Å². The number of ether oxygens (including phenoxy) is 3. The molecule has 1 aliphatic rings. The highest BCUT2D eigenvalue weighted by atomic mass is 16.5. The quantitative estimate of drug-likeness (QED) is 0.877. The van der Waals surface area contributed by atoms with Crippen LogP contribution in [0.2, 0.25) is 0 Å². The van der Waals surface area contributed by atoms with Gasteiger partial charge in [-0.2, -0.15) is 0 Å². The number of rotatable bonds is 6. The number of methoxy groups -OCH3 is 3. The fraction of sp³-hybridized carbons (Fsp3) is 0.471. The van der Waals surface area contributed by atoms with Crippen molar-refractivity contribution >= 4 is 12.0 Å². The van der Waals surface area contributed by atoms with Gasteiger partial charge in [-0.3, -0.25) is 4.79 Å². The van der Waals surface area contributed by atoms with Gasteiger partial charge >= 0.3 is 0 Å². The highest BCUT2D eigenvalue weighted by Gasteiger charge is 2.27. The highest BCUT2D eigenvalue weighted by molar-refractivity contribution is 5.94. The lowest BCUT2D eigenvalue weighted by Crippen LogP contribution is -2.26. The third-order valence-electron chi connectivity index (χ3n) is 3.83. The summed E-state index contributed by atoms with van der Waals surface area (Å²) >= 11 is 0. The average Bonchev–Trinajstić information content (AvgIpc) is 2.69. The molecule has 120 valence electrons. The number of fused-ring (bicyclic) bond motifs is 1. The summed E-state index contributed by atoms with van der Waals surface area (Å²) in [5, 5.41) is 3.03. The van der Waals surface area contributed by atoms with Crippen LogP contribution in [0.1, 0.15) is 43.4 Å². The van der Waals surface area contributed by atoms with Crippen molar-refractivity contribution in [2.45, 2.75) is 32.2 Å². The highest BCUT2D eigenvalue weighted by Crippen LogP contribution is 2.46. The van der Waals surface area contributed by atoms with E-state index in [0.29, 0.717) is 17.2 Å². The van der Waals surface area contributed by atoms with Gasteiger partial charge in [-0.05, 0) is 24.1 Å². The minimum Gasteiger partial charge on any atom is -0.493 e. The summed E-state index contributed by atoms with van der Waals surface area (Å²) in [7, 11) is 4.77. The monoisotopic (exact) mass is 305 g/mol. The average molecular weight is 305 g/mol. The van der Waals surface area contributed by atoms with Crippen LogP contribution in [0.4, 0.5) is 0 Å². The fourth-order valence-electron chi connectivity index (χ4n) is 2.78. The van der Waals surface area contributed by atoms with Crippen molar-refractivity contribution in [3.63, 3.8) is 0 Å². The molecule has 22 heavy (non-hydrogen) atoms. The molecule has 0 fully saturated rings. The Hall–Kier alpha value is -2.17. The Labute approximate surface area is 131 Å². The van der Waals surface area contributed by atoms with Gasteiger partial charge < -0.3 is 19.5 Å². The number of nitrogens with one attached hydrogen (secondary N) is 1. The summed E-state index contributed by atoms with van der Waals surface area (Å²) in [5.41, 5.74) is 1.85. The molecule has 5 nitrogen and oxygen atoms in total. The molecule has 0 aromatic heterocycles. The molecule has 5 heteroatoms. The Kier molecular flexibility index (Phi) is 5.31. The maximum absolute atomic E-state index is 11.9. The zero-order valence-corrected chi connectivity index (χ0v) is 13.6. The Balaban J connectivity index is 2.63. The molecule has 0 saturated carbocycles. The molecule has 0 saturated heterocycles. The van der Waals surface area contributed by atoms with Crippen LogP contribution in [-0.4, -0.2) is 27.2 Å². The van der Waals surface area contributed by atoms with E-state index < -0.39 is 0 Å². The lowest BCUT2D eigenvalue weighted by Gasteiger charge is -2.24. The van der Waals surface area contributed by atoms with Crippen molar-refractivity contribution in [2.24, 2.45) is 0 Å². The van der Waals surface area contributed by atoms with Crippen LogP contribution in [0.25, 0.3) is 6.08 Å². The third-order valence-corrected chi connectivity index (χ3v) is 3.83. The minimum atomic E-state index is -0.104. The molecule has 1 aromatic carbocycles. The van der Waals surface area contributed by atoms with Crippen LogP contribution in [0, 0.1) is 0 Å². The number of benzene rings is 1. The van der Waals surface area contributed by atoms with Gasteiger partial charge in [0, 0.05) is 11.6 Å². The van der Waals surface area contributed by atoms with Crippen molar-refractivity contribution in [1.29, 1.82) is 0 Å². The first kappa shape index (κ1) is 16.2. The van der Waals surface area contributed by atoms with E-state index in [1.165, 1.54) is 6.08 Å². The smallest absolute Gasteiger partial charge is 0.244 e. The molecule has 1 heterocycles.